The minimum absolute atomic E-state index is 0.572. The minimum atomic E-state index is -1.14. The Balaban J connectivity index is 0.876. The topological polar surface area (TPSA) is 120 Å². The van der Waals surface area contributed by atoms with Crippen molar-refractivity contribution in [3.63, 3.8) is 0 Å². The summed E-state index contributed by atoms with van der Waals surface area (Å²) in [4.78, 5) is 15.8. The maximum absolute atomic E-state index is 10.6. The second kappa shape index (κ2) is 19.8. The summed E-state index contributed by atoms with van der Waals surface area (Å²) in [5, 5.41) is 31.6. The van der Waals surface area contributed by atoms with E-state index < -0.39 is 5.41 Å². The number of hydrogen-bond acceptors (Lipinski definition) is 6. The van der Waals surface area contributed by atoms with Crippen molar-refractivity contribution in [2.24, 2.45) is 0 Å². The Kier molecular flexibility index (Phi) is 11.0. The molecule has 1 unspecified atom stereocenters. The van der Waals surface area contributed by atoms with Gasteiger partial charge in [-0.15, -0.1) is 0 Å². The van der Waals surface area contributed by atoms with Gasteiger partial charge in [0.1, 0.15) is 11.5 Å². The minimum Gasteiger partial charge on any atom is -0.457 e. The molecule has 0 saturated heterocycles. The van der Waals surface area contributed by atoms with Crippen LogP contribution in [0.3, 0.4) is 0 Å². The van der Waals surface area contributed by atoms with Crippen molar-refractivity contribution in [3.05, 3.63) is 319 Å². The van der Waals surface area contributed by atoms with E-state index in [2.05, 4.69) is 265 Å². The van der Waals surface area contributed by atoms with E-state index in [1.807, 2.05) is 55.1 Å². The third-order valence-electron chi connectivity index (χ3n) is 20.4. The molecule has 0 fully saturated rings. The van der Waals surface area contributed by atoms with Gasteiger partial charge in [-0.1, -0.05) is 116 Å². The van der Waals surface area contributed by atoms with Crippen LogP contribution in [-0.2, 0) is 5.41 Å². The Morgan fingerprint density at radius 1 is 0.406 bits per heavy atom. The molecule has 0 radical (unpaired) electrons. The molecule has 10 aromatic carbocycles. The van der Waals surface area contributed by atoms with Crippen LogP contribution in [0.4, 0.5) is 0 Å². The summed E-state index contributed by atoms with van der Waals surface area (Å²) < 4.78 is 18.9. The van der Waals surface area contributed by atoms with E-state index in [-0.39, 0.29) is 0 Å². The molecule has 20 rings (SSSR count). The van der Waals surface area contributed by atoms with Gasteiger partial charge in [0.15, 0.2) is 0 Å². The number of para-hydroxylation sites is 6. The van der Waals surface area contributed by atoms with E-state index in [1.54, 1.807) is 0 Å². The van der Waals surface area contributed by atoms with Crippen LogP contribution in [0.5, 0.6) is 5.75 Å². The van der Waals surface area contributed by atoms with Gasteiger partial charge in [0, 0.05) is 93.8 Å². The average molecular weight is 1230 g/mol. The molecule has 96 heavy (non-hydrogen) atoms. The monoisotopic (exact) mass is 1230 g/mol. The Morgan fingerprint density at radius 3 is 1.32 bits per heavy atom. The molecule has 1 aliphatic carbocycles. The van der Waals surface area contributed by atoms with E-state index in [0.717, 1.165) is 160 Å². The molecular formula is C85H50N10O. The van der Waals surface area contributed by atoms with Gasteiger partial charge in [0.05, 0.1) is 125 Å². The van der Waals surface area contributed by atoms with Crippen molar-refractivity contribution in [3.8, 4) is 52.0 Å². The molecular weight excluding hydrogens is 1180 g/mol. The van der Waals surface area contributed by atoms with Crippen LogP contribution in [0.2, 0.25) is 0 Å². The van der Waals surface area contributed by atoms with Crippen LogP contribution < -0.4 is 4.74 Å². The zero-order valence-corrected chi connectivity index (χ0v) is 51.6. The molecule has 1 atom stereocenters. The van der Waals surface area contributed by atoms with Crippen LogP contribution in [-0.4, -0.2) is 37.8 Å². The molecule has 18 aromatic rings. The third kappa shape index (κ3) is 7.20. The lowest BCUT2D eigenvalue weighted by Gasteiger charge is -2.39. The van der Waals surface area contributed by atoms with Gasteiger partial charge in [-0.25, -0.2) is 0 Å². The number of benzene rings is 10. The molecule has 9 heterocycles. The van der Waals surface area contributed by atoms with Crippen molar-refractivity contribution >= 4 is 115 Å². The number of rotatable bonds is 7. The van der Waals surface area contributed by atoms with Crippen molar-refractivity contribution in [2.45, 2.75) is 12.3 Å². The highest BCUT2D eigenvalue weighted by molar-refractivity contribution is 6.15. The van der Waals surface area contributed by atoms with Gasteiger partial charge < -0.3 is 27.6 Å². The highest BCUT2D eigenvalue weighted by Crippen LogP contribution is 2.61. The fraction of sp³-hybridized carbons (Fsp3) is 0.0235. The number of nitriles is 2. The van der Waals surface area contributed by atoms with Crippen molar-refractivity contribution in [1.29, 1.82) is 10.5 Å². The van der Waals surface area contributed by atoms with Gasteiger partial charge in [0.2, 0.25) is 0 Å². The third-order valence-corrected chi connectivity index (χ3v) is 20.4. The number of fused-ring (bicyclic) bond motifs is 22. The van der Waals surface area contributed by atoms with Crippen molar-refractivity contribution < 1.29 is 4.74 Å². The zero-order valence-electron chi connectivity index (χ0n) is 51.6. The summed E-state index contributed by atoms with van der Waals surface area (Å²) >= 11 is 0. The summed E-state index contributed by atoms with van der Waals surface area (Å²) in [6, 6.07) is 87.9. The van der Waals surface area contributed by atoms with Gasteiger partial charge in [0.25, 0.3) is 0 Å². The molecule has 11 heteroatoms. The fourth-order valence-corrected chi connectivity index (χ4v) is 16.3. The van der Waals surface area contributed by atoms with E-state index in [4.69, 9.17) is 21.3 Å². The standard InChI is InChI=1S/C85H50N10O/c1-50(91-71-21-9-3-19-62(71)64-37-38-88-49-80(64)91)27-35-81-51(2)85(68-42-55(31-36-82(68)96-81)93-78-33-29-53(46-87)40-66(78)67-41-54(30-34-79(67)93)92-72-22-10-4-15-58(72)59-16-5-11-23-73(59)92)69-43-56(94-74-24-12-6-17-60(74)61-18-7-13-25-75(61)94)47-89-83(69)84-70(85)44-57(48-90-84)95-76-26-14-8-20-63(76)65-39-52(45-86)28-32-77(65)95/h3-44,47-49H,1H2,2H3/b35-27-. The number of allylic oxidation sites excluding steroid dienone is 4. The molecule has 0 N–H and O–H groups in total. The molecule has 1 spiro atoms. The SMILES string of the molecule is C=C(/C=C\C1=C(C)C2(c3cc(-n4c5ccc(C#N)cc5c5cc(-n6c7ccccc7c7ccccc76)ccc54)ccc3O1)c1cc(-n3c4ccccc4c4ccccc43)cnc1-c1ncc(-n3c4ccccc4c4cc(C#N)ccc43)cc12)n1c2ccccc2c2ccncc21. The van der Waals surface area contributed by atoms with E-state index in [1.165, 1.54) is 10.8 Å². The number of hydrogen-bond donors (Lipinski definition) is 0. The van der Waals surface area contributed by atoms with Gasteiger partial charge in [-0.2, -0.15) is 10.5 Å². The van der Waals surface area contributed by atoms with Gasteiger partial charge >= 0.3 is 0 Å². The average Bonchev–Trinajstić information content (AvgIpc) is 1.46. The van der Waals surface area contributed by atoms with Crippen LogP contribution in [0, 0.1) is 22.7 Å². The predicted molar refractivity (Wildman–Crippen MR) is 386 cm³/mol. The molecule has 0 amide bonds. The van der Waals surface area contributed by atoms with E-state index in [9.17, 15) is 10.5 Å². The van der Waals surface area contributed by atoms with E-state index in [0.29, 0.717) is 22.6 Å². The summed E-state index contributed by atoms with van der Waals surface area (Å²) in [6.07, 6.45) is 11.8. The number of ether oxygens (including phenoxy) is 1. The lowest BCUT2D eigenvalue weighted by Crippen LogP contribution is -2.34. The van der Waals surface area contributed by atoms with Crippen LogP contribution >= 0.6 is 0 Å². The van der Waals surface area contributed by atoms with Gasteiger partial charge in [-0.3, -0.25) is 15.0 Å². The first-order chi connectivity index (χ1) is 47.4. The lowest BCUT2D eigenvalue weighted by atomic mass is 9.66. The molecule has 8 aromatic heterocycles. The fourth-order valence-electron chi connectivity index (χ4n) is 16.3. The molecule has 0 bridgehead atoms. The second-order valence-corrected chi connectivity index (χ2v) is 25.1. The molecule has 446 valence electrons. The van der Waals surface area contributed by atoms with Crippen molar-refractivity contribution in [1.82, 2.24) is 37.8 Å². The highest BCUT2D eigenvalue weighted by atomic mass is 16.5. The Morgan fingerprint density at radius 2 is 0.802 bits per heavy atom. The molecule has 1 aliphatic heterocycles. The normalized spacial score (nSPS) is 14.4. The zero-order chi connectivity index (χ0) is 63.7. The Labute approximate surface area is 548 Å². The smallest absolute Gasteiger partial charge is 0.132 e. The first-order valence-electron chi connectivity index (χ1n) is 32.0. The Hall–Kier alpha value is -13.4. The quantitative estimate of drug-likeness (QED) is 0.147. The van der Waals surface area contributed by atoms with E-state index >= 15 is 0 Å². The number of aromatic nitrogens is 8. The maximum atomic E-state index is 10.6. The second-order valence-electron chi connectivity index (χ2n) is 25.1. The predicted octanol–water partition coefficient (Wildman–Crippen LogP) is 19.8. The van der Waals surface area contributed by atoms with Crippen molar-refractivity contribution in [2.75, 3.05) is 0 Å². The maximum Gasteiger partial charge on any atom is 0.132 e. The Bertz CT molecular complexity index is 6540. The molecule has 0 saturated carbocycles. The summed E-state index contributed by atoms with van der Waals surface area (Å²) in [7, 11) is 0. The first-order valence-corrected chi connectivity index (χ1v) is 32.0. The summed E-state index contributed by atoms with van der Waals surface area (Å²) in [5.74, 6) is 1.30. The lowest BCUT2D eigenvalue weighted by molar-refractivity contribution is 0.398. The van der Waals surface area contributed by atoms with Crippen LogP contribution in [0.1, 0.15) is 34.7 Å². The largest absolute Gasteiger partial charge is 0.457 e. The highest BCUT2D eigenvalue weighted by Gasteiger charge is 2.53. The first kappa shape index (κ1) is 53.3. The molecule has 2 aliphatic rings. The number of pyridine rings is 3. The summed E-state index contributed by atoms with van der Waals surface area (Å²) in [6.45, 7) is 6.95. The van der Waals surface area contributed by atoms with Gasteiger partial charge in [-0.05, 0) is 152 Å². The number of nitrogens with zero attached hydrogens (tertiary/aromatic N) is 10. The van der Waals surface area contributed by atoms with Crippen LogP contribution in [0.25, 0.3) is 149 Å². The molecule has 11 nitrogen and oxygen atoms in total. The summed E-state index contributed by atoms with van der Waals surface area (Å²) in [5.41, 5.74) is 19.8. The van der Waals surface area contributed by atoms with Crippen LogP contribution in [0.15, 0.2) is 291 Å².